The number of rotatable bonds is 6. The van der Waals surface area contributed by atoms with Crippen molar-refractivity contribution in [1.82, 2.24) is 0 Å². The number of esters is 2. The lowest BCUT2D eigenvalue weighted by Crippen LogP contribution is -2.16. The molecule has 0 aromatic heterocycles. The molecule has 19 heavy (non-hydrogen) atoms. The van der Waals surface area contributed by atoms with Gasteiger partial charge in [-0.05, 0) is 24.5 Å². The van der Waals surface area contributed by atoms with Crippen molar-refractivity contribution < 1.29 is 19.1 Å². The van der Waals surface area contributed by atoms with Crippen LogP contribution in [0.5, 0.6) is 0 Å². The van der Waals surface area contributed by atoms with Crippen molar-refractivity contribution in [3.8, 4) is 0 Å². The van der Waals surface area contributed by atoms with Gasteiger partial charge >= 0.3 is 11.9 Å². The number of hydrogen-bond acceptors (Lipinski definition) is 4. The highest BCUT2D eigenvalue weighted by atomic mass is 16.7. The quantitative estimate of drug-likeness (QED) is 0.449. The average Bonchev–Trinajstić information content (AvgIpc) is 2.38. The van der Waals surface area contributed by atoms with Crippen molar-refractivity contribution in [1.29, 1.82) is 0 Å². The molecule has 0 amide bonds. The van der Waals surface area contributed by atoms with E-state index in [1.807, 2.05) is 30.3 Å². The second-order valence-corrected chi connectivity index (χ2v) is 4.18. The van der Waals surface area contributed by atoms with Crippen molar-refractivity contribution in [2.75, 3.05) is 6.79 Å². The standard InChI is InChI=1S/C15H18O4/c1-4-6-13-7-5-8-14(9-13)11(2)15(17)19-10-18-12(3)16/h4-5,7-9,11H,1,6,10H2,2-3H3. The summed E-state index contributed by atoms with van der Waals surface area (Å²) in [5.74, 6) is -1.30. The first-order valence-corrected chi connectivity index (χ1v) is 6.04. The molecule has 1 aromatic rings. The van der Waals surface area contributed by atoms with Crippen molar-refractivity contribution in [3.63, 3.8) is 0 Å². The Morgan fingerprint density at radius 2 is 2.11 bits per heavy atom. The summed E-state index contributed by atoms with van der Waals surface area (Å²) in [6.45, 7) is 6.35. The Balaban J connectivity index is 2.62. The van der Waals surface area contributed by atoms with Crippen molar-refractivity contribution >= 4 is 11.9 Å². The Kier molecular flexibility index (Phi) is 5.79. The predicted molar refractivity (Wildman–Crippen MR) is 71.5 cm³/mol. The van der Waals surface area contributed by atoms with E-state index in [-0.39, 0.29) is 6.79 Å². The lowest BCUT2D eigenvalue weighted by Gasteiger charge is -2.12. The van der Waals surface area contributed by atoms with Gasteiger partial charge in [0.25, 0.3) is 0 Å². The fraction of sp³-hybridized carbons (Fsp3) is 0.333. The maximum atomic E-state index is 11.8. The van der Waals surface area contributed by atoms with Gasteiger partial charge in [0, 0.05) is 6.92 Å². The SMILES string of the molecule is C=CCc1cccc(C(C)C(=O)OCOC(C)=O)c1. The highest BCUT2D eigenvalue weighted by Crippen LogP contribution is 2.18. The van der Waals surface area contributed by atoms with E-state index in [9.17, 15) is 9.59 Å². The van der Waals surface area contributed by atoms with E-state index in [0.29, 0.717) is 0 Å². The Morgan fingerprint density at radius 1 is 1.37 bits per heavy atom. The van der Waals surface area contributed by atoms with E-state index >= 15 is 0 Å². The van der Waals surface area contributed by atoms with Crippen LogP contribution in [0.2, 0.25) is 0 Å². The molecule has 0 radical (unpaired) electrons. The molecule has 0 aliphatic rings. The van der Waals surface area contributed by atoms with Crippen LogP contribution < -0.4 is 0 Å². The molecule has 4 heteroatoms. The molecular weight excluding hydrogens is 244 g/mol. The summed E-state index contributed by atoms with van der Waals surface area (Å²) in [7, 11) is 0. The predicted octanol–water partition coefficient (Wildman–Crippen LogP) is 2.58. The number of benzene rings is 1. The number of carbonyl (C=O) groups is 2. The molecule has 0 spiro atoms. The minimum Gasteiger partial charge on any atom is -0.428 e. The Morgan fingerprint density at radius 3 is 2.74 bits per heavy atom. The van der Waals surface area contributed by atoms with Gasteiger partial charge in [-0.1, -0.05) is 30.3 Å². The molecule has 0 saturated carbocycles. The molecule has 1 aromatic carbocycles. The highest BCUT2D eigenvalue weighted by Gasteiger charge is 2.17. The second-order valence-electron chi connectivity index (χ2n) is 4.18. The van der Waals surface area contributed by atoms with E-state index < -0.39 is 17.9 Å². The third-order valence-electron chi connectivity index (χ3n) is 2.65. The largest absolute Gasteiger partial charge is 0.428 e. The fourth-order valence-corrected chi connectivity index (χ4v) is 1.59. The van der Waals surface area contributed by atoms with Crippen molar-refractivity contribution in [2.45, 2.75) is 26.2 Å². The highest BCUT2D eigenvalue weighted by molar-refractivity contribution is 5.77. The first-order valence-electron chi connectivity index (χ1n) is 6.04. The number of hydrogen-bond donors (Lipinski definition) is 0. The zero-order valence-corrected chi connectivity index (χ0v) is 11.2. The summed E-state index contributed by atoms with van der Waals surface area (Å²) < 4.78 is 9.43. The molecular formula is C15H18O4. The normalized spacial score (nSPS) is 11.5. The van der Waals surface area contributed by atoms with Gasteiger partial charge in [-0.3, -0.25) is 9.59 Å². The van der Waals surface area contributed by atoms with Crippen molar-refractivity contribution in [3.05, 3.63) is 48.0 Å². The zero-order valence-electron chi connectivity index (χ0n) is 11.2. The topological polar surface area (TPSA) is 52.6 Å². The van der Waals surface area contributed by atoms with Crippen LogP contribution in [-0.2, 0) is 25.5 Å². The van der Waals surface area contributed by atoms with Gasteiger partial charge in [0.2, 0.25) is 6.79 Å². The molecule has 4 nitrogen and oxygen atoms in total. The summed E-state index contributed by atoms with van der Waals surface area (Å²) in [5.41, 5.74) is 1.96. The third-order valence-corrected chi connectivity index (χ3v) is 2.65. The van der Waals surface area contributed by atoms with Crippen LogP contribution in [0.3, 0.4) is 0 Å². The van der Waals surface area contributed by atoms with Crippen LogP contribution >= 0.6 is 0 Å². The third kappa shape index (κ3) is 4.95. The Hall–Kier alpha value is -2.10. The van der Waals surface area contributed by atoms with Gasteiger partial charge in [-0.2, -0.15) is 0 Å². The van der Waals surface area contributed by atoms with Gasteiger partial charge in [0.1, 0.15) is 0 Å². The molecule has 0 fully saturated rings. The molecule has 0 saturated heterocycles. The summed E-state index contributed by atoms with van der Waals surface area (Å²) in [4.78, 5) is 22.3. The van der Waals surface area contributed by atoms with Crippen LogP contribution in [0.1, 0.15) is 30.9 Å². The molecule has 0 aliphatic heterocycles. The molecule has 102 valence electrons. The van der Waals surface area contributed by atoms with E-state index in [1.54, 1.807) is 6.92 Å². The van der Waals surface area contributed by atoms with Gasteiger partial charge in [0.15, 0.2) is 0 Å². The molecule has 1 atom stereocenters. The van der Waals surface area contributed by atoms with Crippen LogP contribution in [0, 0.1) is 0 Å². The monoisotopic (exact) mass is 262 g/mol. The smallest absolute Gasteiger partial charge is 0.316 e. The molecule has 1 unspecified atom stereocenters. The Bertz CT molecular complexity index is 465. The van der Waals surface area contributed by atoms with Crippen LogP contribution in [0.25, 0.3) is 0 Å². The maximum Gasteiger partial charge on any atom is 0.316 e. The lowest BCUT2D eigenvalue weighted by molar-refractivity contribution is -0.166. The van der Waals surface area contributed by atoms with E-state index in [2.05, 4.69) is 11.3 Å². The minimum atomic E-state index is -0.478. The van der Waals surface area contributed by atoms with Gasteiger partial charge in [-0.25, -0.2) is 0 Å². The first kappa shape index (κ1) is 15.0. The summed E-state index contributed by atoms with van der Waals surface area (Å²) >= 11 is 0. The van der Waals surface area contributed by atoms with Crippen LogP contribution in [0.15, 0.2) is 36.9 Å². The van der Waals surface area contributed by atoms with E-state index in [1.165, 1.54) is 6.92 Å². The number of carbonyl (C=O) groups excluding carboxylic acids is 2. The van der Waals surface area contributed by atoms with Crippen LogP contribution in [0.4, 0.5) is 0 Å². The second kappa shape index (κ2) is 7.36. The fourth-order valence-electron chi connectivity index (χ4n) is 1.59. The Labute approximate surface area is 113 Å². The minimum absolute atomic E-state index is 0.342. The van der Waals surface area contributed by atoms with E-state index in [4.69, 9.17) is 4.74 Å². The lowest BCUT2D eigenvalue weighted by atomic mass is 9.98. The first-order chi connectivity index (χ1) is 9.04. The van der Waals surface area contributed by atoms with E-state index in [0.717, 1.165) is 17.5 Å². The molecule has 0 heterocycles. The van der Waals surface area contributed by atoms with Gasteiger partial charge in [0.05, 0.1) is 5.92 Å². The summed E-state index contributed by atoms with van der Waals surface area (Å²) in [5, 5.41) is 0. The summed E-state index contributed by atoms with van der Waals surface area (Å²) in [6, 6.07) is 7.68. The zero-order chi connectivity index (χ0) is 14.3. The van der Waals surface area contributed by atoms with Crippen LogP contribution in [-0.4, -0.2) is 18.7 Å². The average molecular weight is 262 g/mol. The molecule has 0 aliphatic carbocycles. The molecule has 0 bridgehead atoms. The maximum absolute atomic E-state index is 11.8. The number of allylic oxidation sites excluding steroid dienone is 1. The van der Waals surface area contributed by atoms with Crippen molar-refractivity contribution in [2.24, 2.45) is 0 Å². The summed E-state index contributed by atoms with van der Waals surface area (Å²) in [6.07, 6.45) is 2.56. The number of ether oxygens (including phenoxy) is 2. The van der Waals surface area contributed by atoms with Gasteiger partial charge < -0.3 is 9.47 Å². The van der Waals surface area contributed by atoms with Gasteiger partial charge in [-0.15, -0.1) is 6.58 Å². The molecule has 0 N–H and O–H groups in total. The molecule has 1 rings (SSSR count).